The second-order valence-electron chi connectivity index (χ2n) is 5.94. The lowest BCUT2D eigenvalue weighted by Gasteiger charge is -2.33. The number of rotatable bonds is 8. The number of nitrogens with two attached hydrogens (primary N) is 1. The molecule has 1 heterocycles. The molecule has 0 saturated carbocycles. The van der Waals surface area contributed by atoms with Crippen molar-refractivity contribution in [2.24, 2.45) is 5.73 Å². The summed E-state index contributed by atoms with van der Waals surface area (Å²) in [4.78, 5) is 13.2. The fraction of sp³-hybridized carbons (Fsp3) is 0.588. The van der Waals surface area contributed by atoms with Crippen molar-refractivity contribution in [3.8, 4) is 0 Å². The fourth-order valence-corrected chi connectivity index (χ4v) is 2.94. The van der Waals surface area contributed by atoms with Gasteiger partial charge in [0, 0.05) is 25.6 Å². The minimum absolute atomic E-state index is 0.193. The van der Waals surface area contributed by atoms with Crippen molar-refractivity contribution >= 4 is 5.91 Å². The van der Waals surface area contributed by atoms with Gasteiger partial charge >= 0.3 is 0 Å². The van der Waals surface area contributed by atoms with E-state index in [9.17, 15) is 4.79 Å². The Kier molecular flexibility index (Phi) is 6.70. The standard InChI is InChI=1S/C17H27N3O/c18-17(21)10-4-5-11-19-16-9-6-12-20(14-16)13-15-7-2-1-3-8-15/h1-3,7-8,16,19H,4-6,9-14H2,(H2,18,21). The Balaban J connectivity index is 1.65. The van der Waals surface area contributed by atoms with E-state index in [4.69, 9.17) is 5.73 Å². The van der Waals surface area contributed by atoms with Crippen molar-refractivity contribution in [1.29, 1.82) is 0 Å². The maximum absolute atomic E-state index is 10.7. The quantitative estimate of drug-likeness (QED) is 0.719. The summed E-state index contributed by atoms with van der Waals surface area (Å²) in [5.41, 5.74) is 6.53. The van der Waals surface area contributed by atoms with Gasteiger partial charge in [0.1, 0.15) is 0 Å². The number of nitrogens with zero attached hydrogens (tertiary/aromatic N) is 1. The van der Waals surface area contributed by atoms with Gasteiger partial charge in [0.2, 0.25) is 5.91 Å². The van der Waals surface area contributed by atoms with E-state index < -0.39 is 0 Å². The van der Waals surface area contributed by atoms with E-state index in [1.165, 1.54) is 24.9 Å². The number of hydrogen-bond acceptors (Lipinski definition) is 3. The van der Waals surface area contributed by atoms with Crippen LogP contribution in [0.15, 0.2) is 30.3 Å². The fourth-order valence-electron chi connectivity index (χ4n) is 2.94. The molecule has 1 aliphatic heterocycles. The van der Waals surface area contributed by atoms with Crippen LogP contribution in [-0.2, 0) is 11.3 Å². The molecule has 0 aliphatic carbocycles. The molecule has 1 aliphatic rings. The van der Waals surface area contributed by atoms with Crippen molar-refractivity contribution in [1.82, 2.24) is 10.2 Å². The predicted octanol–water partition coefficient (Wildman–Crippen LogP) is 1.90. The summed E-state index contributed by atoms with van der Waals surface area (Å²) in [6, 6.07) is 11.2. The first kappa shape index (κ1) is 16.0. The summed E-state index contributed by atoms with van der Waals surface area (Å²) in [6.45, 7) is 4.33. The molecule has 1 amide bonds. The number of carbonyl (C=O) groups excluding carboxylic acids is 1. The molecule has 0 spiro atoms. The first-order valence-corrected chi connectivity index (χ1v) is 8.02. The Morgan fingerprint density at radius 1 is 1.29 bits per heavy atom. The lowest BCUT2D eigenvalue weighted by molar-refractivity contribution is -0.118. The number of nitrogens with one attached hydrogen (secondary N) is 1. The third kappa shape index (κ3) is 6.27. The van der Waals surface area contributed by atoms with Crippen LogP contribution in [0.5, 0.6) is 0 Å². The molecular weight excluding hydrogens is 262 g/mol. The Morgan fingerprint density at radius 3 is 2.86 bits per heavy atom. The molecule has 0 bridgehead atoms. The van der Waals surface area contributed by atoms with E-state index in [-0.39, 0.29) is 5.91 Å². The van der Waals surface area contributed by atoms with Crippen LogP contribution >= 0.6 is 0 Å². The maximum Gasteiger partial charge on any atom is 0.217 e. The Bertz CT molecular complexity index is 421. The number of likely N-dealkylation sites (tertiary alicyclic amines) is 1. The van der Waals surface area contributed by atoms with Crippen molar-refractivity contribution in [3.63, 3.8) is 0 Å². The SMILES string of the molecule is NC(=O)CCCCNC1CCCN(Cc2ccccc2)C1. The van der Waals surface area contributed by atoms with E-state index in [1.54, 1.807) is 0 Å². The van der Waals surface area contributed by atoms with E-state index in [2.05, 4.69) is 40.5 Å². The summed E-state index contributed by atoms with van der Waals surface area (Å²) < 4.78 is 0. The lowest BCUT2D eigenvalue weighted by Crippen LogP contribution is -2.45. The van der Waals surface area contributed by atoms with Crippen molar-refractivity contribution in [2.75, 3.05) is 19.6 Å². The Hall–Kier alpha value is -1.39. The highest BCUT2D eigenvalue weighted by Crippen LogP contribution is 2.13. The smallest absolute Gasteiger partial charge is 0.217 e. The minimum atomic E-state index is -0.193. The minimum Gasteiger partial charge on any atom is -0.370 e. The molecule has 0 radical (unpaired) electrons. The van der Waals surface area contributed by atoms with Gasteiger partial charge in [0.05, 0.1) is 0 Å². The van der Waals surface area contributed by atoms with E-state index in [0.29, 0.717) is 12.5 Å². The molecule has 1 fully saturated rings. The first-order valence-electron chi connectivity index (χ1n) is 8.02. The van der Waals surface area contributed by atoms with Crippen LogP contribution in [0.3, 0.4) is 0 Å². The molecule has 116 valence electrons. The van der Waals surface area contributed by atoms with Crippen LogP contribution in [0.25, 0.3) is 0 Å². The van der Waals surface area contributed by atoms with Crippen LogP contribution in [0, 0.1) is 0 Å². The van der Waals surface area contributed by atoms with Gasteiger partial charge in [0.15, 0.2) is 0 Å². The number of hydrogen-bond donors (Lipinski definition) is 2. The van der Waals surface area contributed by atoms with Gasteiger partial charge in [-0.15, -0.1) is 0 Å². The number of benzene rings is 1. The molecule has 1 aromatic carbocycles. The lowest BCUT2D eigenvalue weighted by atomic mass is 10.0. The van der Waals surface area contributed by atoms with Crippen LogP contribution in [0.2, 0.25) is 0 Å². The molecular formula is C17H27N3O. The highest BCUT2D eigenvalue weighted by Gasteiger charge is 2.19. The van der Waals surface area contributed by atoms with Crippen LogP contribution in [0.4, 0.5) is 0 Å². The maximum atomic E-state index is 10.7. The number of piperidine rings is 1. The average molecular weight is 289 g/mol. The normalized spacial score (nSPS) is 19.5. The number of primary amides is 1. The van der Waals surface area contributed by atoms with Gasteiger partial charge in [-0.3, -0.25) is 9.69 Å². The zero-order valence-corrected chi connectivity index (χ0v) is 12.8. The van der Waals surface area contributed by atoms with Crippen molar-refractivity contribution in [2.45, 2.75) is 44.7 Å². The summed E-state index contributed by atoms with van der Waals surface area (Å²) in [7, 11) is 0. The summed E-state index contributed by atoms with van der Waals surface area (Å²) in [5, 5.41) is 3.62. The molecule has 1 unspecified atom stereocenters. The third-order valence-corrected chi connectivity index (χ3v) is 4.04. The Labute approximate surface area is 127 Å². The van der Waals surface area contributed by atoms with E-state index >= 15 is 0 Å². The molecule has 1 atom stereocenters. The molecule has 21 heavy (non-hydrogen) atoms. The first-order chi connectivity index (χ1) is 10.2. The second-order valence-corrected chi connectivity index (χ2v) is 5.94. The van der Waals surface area contributed by atoms with Crippen molar-refractivity contribution < 1.29 is 4.79 Å². The summed E-state index contributed by atoms with van der Waals surface area (Å²) in [5.74, 6) is -0.193. The van der Waals surface area contributed by atoms with Gasteiger partial charge in [0.25, 0.3) is 0 Å². The Morgan fingerprint density at radius 2 is 2.10 bits per heavy atom. The van der Waals surface area contributed by atoms with Crippen molar-refractivity contribution in [3.05, 3.63) is 35.9 Å². The zero-order chi connectivity index (χ0) is 14.9. The number of carbonyl (C=O) groups is 1. The highest BCUT2D eigenvalue weighted by molar-refractivity contribution is 5.73. The summed E-state index contributed by atoms with van der Waals surface area (Å²) in [6.07, 6.45) is 4.93. The average Bonchev–Trinajstić information content (AvgIpc) is 2.48. The van der Waals surface area contributed by atoms with Crippen LogP contribution in [0.1, 0.15) is 37.7 Å². The number of unbranched alkanes of at least 4 members (excludes halogenated alkanes) is 1. The molecule has 1 saturated heterocycles. The summed E-state index contributed by atoms with van der Waals surface area (Å²) >= 11 is 0. The van der Waals surface area contributed by atoms with Gasteiger partial charge in [-0.2, -0.15) is 0 Å². The van der Waals surface area contributed by atoms with Crippen LogP contribution < -0.4 is 11.1 Å². The molecule has 0 aromatic heterocycles. The highest BCUT2D eigenvalue weighted by atomic mass is 16.1. The largest absolute Gasteiger partial charge is 0.370 e. The van der Waals surface area contributed by atoms with Gasteiger partial charge < -0.3 is 11.1 Å². The zero-order valence-electron chi connectivity index (χ0n) is 12.8. The van der Waals surface area contributed by atoms with Crippen LogP contribution in [-0.4, -0.2) is 36.5 Å². The second kappa shape index (κ2) is 8.80. The van der Waals surface area contributed by atoms with Gasteiger partial charge in [-0.25, -0.2) is 0 Å². The third-order valence-electron chi connectivity index (χ3n) is 4.04. The molecule has 4 nitrogen and oxygen atoms in total. The monoisotopic (exact) mass is 289 g/mol. The number of amides is 1. The van der Waals surface area contributed by atoms with E-state index in [1.807, 2.05) is 0 Å². The topological polar surface area (TPSA) is 58.4 Å². The molecule has 4 heteroatoms. The molecule has 1 aromatic rings. The molecule has 2 rings (SSSR count). The van der Waals surface area contributed by atoms with Gasteiger partial charge in [-0.1, -0.05) is 30.3 Å². The van der Waals surface area contributed by atoms with Gasteiger partial charge in [-0.05, 0) is 44.3 Å². The van der Waals surface area contributed by atoms with E-state index in [0.717, 1.165) is 32.5 Å². The molecule has 3 N–H and O–H groups in total. The predicted molar refractivity (Wildman–Crippen MR) is 85.8 cm³/mol.